The maximum absolute atomic E-state index is 13.5. The normalized spacial score (nSPS) is 11.4. The summed E-state index contributed by atoms with van der Waals surface area (Å²) in [5.74, 6) is 1.48. The topological polar surface area (TPSA) is 83.7 Å². The minimum atomic E-state index is -0.241. The van der Waals surface area contributed by atoms with E-state index >= 15 is 0 Å². The Bertz CT molecular complexity index is 1240. The Morgan fingerprint density at radius 2 is 1.84 bits per heavy atom. The van der Waals surface area contributed by atoms with Crippen LogP contribution in [0.3, 0.4) is 0 Å². The van der Waals surface area contributed by atoms with Gasteiger partial charge in [0.15, 0.2) is 17.1 Å². The van der Waals surface area contributed by atoms with Gasteiger partial charge in [-0.05, 0) is 61.0 Å². The number of para-hydroxylation sites is 2. The first-order valence-electron chi connectivity index (χ1n) is 10.1. The van der Waals surface area contributed by atoms with E-state index in [2.05, 4.69) is 9.97 Å². The second-order valence-corrected chi connectivity index (χ2v) is 6.81. The highest BCUT2D eigenvalue weighted by molar-refractivity contribution is 6.31. The number of aromatic nitrogens is 2. The van der Waals surface area contributed by atoms with Crippen molar-refractivity contribution in [3.63, 3.8) is 0 Å². The molecule has 2 heterocycles. The van der Waals surface area contributed by atoms with Gasteiger partial charge >= 0.3 is 0 Å². The Labute approximate surface area is 185 Å². The number of carbonyl (C=O) groups is 1. The molecule has 0 bridgehead atoms. The highest BCUT2D eigenvalue weighted by Crippen LogP contribution is 2.30. The Kier molecular flexibility index (Phi) is 6.17. The smallest absolute Gasteiger partial charge is 0.256 e. The standard InChI is InChI=1S/C25H22N2O5/c1-4-31-18-11-9-17(10-12-18)23(28)19(24-27-20-7-5-6-8-21(20)32-24)13-16-14-22(29-2)25(30-3)26-15-16/h5-15H,4H2,1-3H3/b19-13-. The van der Waals surface area contributed by atoms with E-state index < -0.39 is 0 Å². The van der Waals surface area contributed by atoms with E-state index in [0.717, 1.165) is 0 Å². The Morgan fingerprint density at radius 3 is 2.53 bits per heavy atom. The second kappa shape index (κ2) is 9.34. The van der Waals surface area contributed by atoms with Crippen LogP contribution < -0.4 is 14.2 Å². The van der Waals surface area contributed by atoms with Gasteiger partial charge in [0.05, 0.1) is 26.4 Å². The molecule has 4 aromatic rings. The van der Waals surface area contributed by atoms with E-state index in [1.54, 1.807) is 42.6 Å². The van der Waals surface area contributed by atoms with E-state index in [1.807, 2.05) is 31.2 Å². The highest BCUT2D eigenvalue weighted by atomic mass is 16.5. The first-order valence-corrected chi connectivity index (χ1v) is 10.1. The third-order valence-electron chi connectivity index (χ3n) is 4.76. The molecule has 0 radical (unpaired) electrons. The number of Topliss-reactive ketones (excluding diaryl/α,β-unsaturated/α-hetero) is 1. The average molecular weight is 430 g/mol. The molecular formula is C25H22N2O5. The predicted octanol–water partition coefficient (Wildman–Crippen LogP) is 5.06. The number of pyridine rings is 1. The molecule has 0 aliphatic carbocycles. The number of ether oxygens (including phenoxy) is 3. The molecule has 0 unspecified atom stereocenters. The molecule has 0 saturated carbocycles. The van der Waals surface area contributed by atoms with Gasteiger partial charge in [-0.3, -0.25) is 4.79 Å². The lowest BCUT2D eigenvalue weighted by molar-refractivity contribution is 0.105. The van der Waals surface area contributed by atoms with E-state index in [4.69, 9.17) is 18.6 Å². The summed E-state index contributed by atoms with van der Waals surface area (Å²) in [6, 6.07) is 16.1. The molecule has 32 heavy (non-hydrogen) atoms. The number of methoxy groups -OCH3 is 2. The summed E-state index contributed by atoms with van der Waals surface area (Å²) in [5, 5.41) is 0. The van der Waals surface area contributed by atoms with Crippen LogP contribution in [-0.4, -0.2) is 36.6 Å². The lowest BCUT2D eigenvalue weighted by Crippen LogP contribution is -2.04. The predicted molar refractivity (Wildman–Crippen MR) is 121 cm³/mol. The summed E-state index contributed by atoms with van der Waals surface area (Å²) >= 11 is 0. The van der Waals surface area contributed by atoms with Crippen molar-refractivity contribution in [2.24, 2.45) is 0 Å². The van der Waals surface area contributed by atoms with Gasteiger partial charge in [-0.15, -0.1) is 0 Å². The van der Waals surface area contributed by atoms with Crippen molar-refractivity contribution in [1.29, 1.82) is 0 Å². The van der Waals surface area contributed by atoms with E-state index in [0.29, 0.717) is 51.8 Å². The van der Waals surface area contributed by atoms with Crippen molar-refractivity contribution in [3.8, 4) is 17.4 Å². The first-order chi connectivity index (χ1) is 15.6. The molecule has 0 atom stereocenters. The number of benzene rings is 2. The fourth-order valence-corrected chi connectivity index (χ4v) is 3.23. The SMILES string of the molecule is CCOc1ccc(C(=O)/C(=C/c2cnc(OC)c(OC)c2)c2nc3ccccc3o2)cc1. The molecule has 7 heteroatoms. The van der Waals surface area contributed by atoms with Crippen LogP contribution in [0, 0.1) is 0 Å². The quantitative estimate of drug-likeness (QED) is 0.285. The summed E-state index contributed by atoms with van der Waals surface area (Å²) in [4.78, 5) is 22.3. The number of hydrogen-bond acceptors (Lipinski definition) is 7. The number of rotatable bonds is 8. The number of carbonyl (C=O) groups excluding carboxylic acids is 1. The number of oxazole rings is 1. The van der Waals surface area contributed by atoms with Gasteiger partial charge in [0.1, 0.15) is 11.3 Å². The number of allylic oxidation sites excluding steroid dienone is 1. The molecule has 0 aliphatic rings. The molecule has 0 fully saturated rings. The van der Waals surface area contributed by atoms with Crippen LogP contribution in [0.5, 0.6) is 17.4 Å². The number of ketones is 1. The summed E-state index contributed by atoms with van der Waals surface area (Å²) < 4.78 is 21.9. The Balaban J connectivity index is 1.81. The van der Waals surface area contributed by atoms with Crippen molar-refractivity contribution in [2.45, 2.75) is 6.92 Å². The third kappa shape index (κ3) is 4.32. The average Bonchev–Trinajstić information content (AvgIpc) is 3.26. The first kappa shape index (κ1) is 21.1. The van der Waals surface area contributed by atoms with Gasteiger partial charge in [-0.25, -0.2) is 9.97 Å². The number of hydrogen-bond donors (Lipinski definition) is 0. The fraction of sp³-hybridized carbons (Fsp3) is 0.160. The highest BCUT2D eigenvalue weighted by Gasteiger charge is 2.21. The van der Waals surface area contributed by atoms with Crippen molar-refractivity contribution < 1.29 is 23.4 Å². The van der Waals surface area contributed by atoms with E-state index in [-0.39, 0.29) is 11.7 Å². The minimum absolute atomic E-state index is 0.222. The lowest BCUT2D eigenvalue weighted by atomic mass is 10.0. The number of fused-ring (bicyclic) bond motifs is 1. The third-order valence-corrected chi connectivity index (χ3v) is 4.76. The Hall–Kier alpha value is -4.13. The van der Waals surface area contributed by atoms with Gasteiger partial charge in [0.2, 0.25) is 5.89 Å². The summed E-state index contributed by atoms with van der Waals surface area (Å²) in [6.45, 7) is 2.46. The van der Waals surface area contributed by atoms with Gasteiger partial charge in [0, 0.05) is 11.8 Å². The van der Waals surface area contributed by atoms with Crippen LogP contribution in [0.25, 0.3) is 22.7 Å². The second-order valence-electron chi connectivity index (χ2n) is 6.81. The largest absolute Gasteiger partial charge is 0.494 e. The van der Waals surface area contributed by atoms with E-state index in [9.17, 15) is 4.79 Å². The molecule has 0 N–H and O–H groups in total. The zero-order valence-electron chi connectivity index (χ0n) is 18.0. The van der Waals surface area contributed by atoms with Crippen LogP contribution in [0.1, 0.15) is 28.7 Å². The van der Waals surface area contributed by atoms with Gasteiger partial charge in [-0.2, -0.15) is 0 Å². The van der Waals surface area contributed by atoms with Crippen LogP contribution in [-0.2, 0) is 0 Å². The van der Waals surface area contributed by atoms with Crippen LogP contribution in [0.4, 0.5) is 0 Å². The van der Waals surface area contributed by atoms with Crippen LogP contribution in [0.15, 0.2) is 65.2 Å². The zero-order chi connectivity index (χ0) is 22.5. The van der Waals surface area contributed by atoms with Gasteiger partial charge in [0.25, 0.3) is 5.88 Å². The monoisotopic (exact) mass is 430 g/mol. The molecule has 2 aromatic heterocycles. The summed E-state index contributed by atoms with van der Waals surface area (Å²) in [5.41, 5.74) is 2.67. The fourth-order valence-electron chi connectivity index (χ4n) is 3.23. The molecule has 4 rings (SSSR count). The summed E-state index contributed by atoms with van der Waals surface area (Å²) in [7, 11) is 3.04. The molecule has 0 saturated heterocycles. The van der Waals surface area contributed by atoms with Crippen molar-refractivity contribution >= 4 is 28.5 Å². The zero-order valence-corrected chi connectivity index (χ0v) is 18.0. The van der Waals surface area contributed by atoms with Crippen molar-refractivity contribution in [3.05, 3.63) is 77.8 Å². The molecule has 0 amide bonds. The van der Waals surface area contributed by atoms with Gasteiger partial charge < -0.3 is 18.6 Å². The van der Waals surface area contributed by atoms with Crippen LogP contribution >= 0.6 is 0 Å². The molecule has 7 nitrogen and oxygen atoms in total. The Morgan fingerprint density at radius 1 is 1.06 bits per heavy atom. The molecule has 2 aromatic carbocycles. The molecular weight excluding hydrogens is 408 g/mol. The maximum atomic E-state index is 13.5. The number of nitrogens with zero attached hydrogens (tertiary/aromatic N) is 2. The van der Waals surface area contributed by atoms with E-state index in [1.165, 1.54) is 14.2 Å². The van der Waals surface area contributed by atoms with Crippen LogP contribution in [0.2, 0.25) is 0 Å². The molecule has 0 aliphatic heterocycles. The summed E-state index contributed by atoms with van der Waals surface area (Å²) in [6.07, 6.45) is 3.27. The minimum Gasteiger partial charge on any atom is -0.494 e. The molecule has 0 spiro atoms. The lowest BCUT2D eigenvalue weighted by Gasteiger charge is -2.08. The van der Waals surface area contributed by atoms with Crippen molar-refractivity contribution in [2.75, 3.05) is 20.8 Å². The maximum Gasteiger partial charge on any atom is 0.256 e. The van der Waals surface area contributed by atoms with Gasteiger partial charge in [-0.1, -0.05) is 12.1 Å². The molecule has 162 valence electrons. The van der Waals surface area contributed by atoms with Crippen molar-refractivity contribution in [1.82, 2.24) is 9.97 Å².